The third-order valence-corrected chi connectivity index (χ3v) is 20.2. The summed E-state index contributed by atoms with van der Waals surface area (Å²) in [5.74, 6) is 0. The van der Waals surface area contributed by atoms with Crippen LogP contribution in [0.1, 0.15) is 423 Å². The second-order valence-corrected chi connectivity index (χ2v) is 29.7. The molecule has 0 unspecified atom stereocenters. The Morgan fingerprint density at radius 1 is 0.230 bits per heavy atom. The van der Waals surface area contributed by atoms with Crippen LogP contribution in [0.15, 0.2) is 58.3 Å². The average molecular weight is 1380 g/mol. The van der Waals surface area contributed by atoms with E-state index in [1.807, 2.05) is 12.1 Å². The summed E-state index contributed by atoms with van der Waals surface area (Å²) < 4.78 is 66.9. The van der Waals surface area contributed by atoms with Crippen molar-refractivity contribution in [1.82, 2.24) is 0 Å². The van der Waals surface area contributed by atoms with Crippen molar-refractivity contribution in [2.75, 3.05) is 0 Å². The molecular formula is C78H142BaO6S2. The van der Waals surface area contributed by atoms with Gasteiger partial charge in [-0.15, -0.1) is 0 Å². The summed E-state index contributed by atoms with van der Waals surface area (Å²) in [5, 5.41) is 0. The predicted molar refractivity (Wildman–Crippen MR) is 380 cm³/mol. The van der Waals surface area contributed by atoms with E-state index >= 15 is 0 Å². The predicted octanol–water partition coefficient (Wildman–Crippen LogP) is 26.1. The fraction of sp³-hybridized carbons (Fsp3) is 0.846. The summed E-state index contributed by atoms with van der Waals surface area (Å²) in [7, 11) is -8.69. The summed E-state index contributed by atoms with van der Waals surface area (Å²) in [6.45, 7) is 4.60. The first-order chi connectivity index (χ1) is 42.1. The Balaban J connectivity index is 0.00000168. The van der Waals surface area contributed by atoms with E-state index in [0.29, 0.717) is 0 Å². The van der Waals surface area contributed by atoms with E-state index in [9.17, 15) is 25.9 Å². The summed E-state index contributed by atoms with van der Waals surface area (Å²) in [5.41, 5.74) is 1.90. The van der Waals surface area contributed by atoms with E-state index in [0.717, 1.165) is 36.8 Å². The molecule has 0 aromatic heterocycles. The maximum atomic E-state index is 11.1. The molecule has 0 aliphatic carbocycles. The minimum Gasteiger partial charge on any atom is -0.744 e. The molecule has 87 heavy (non-hydrogen) atoms. The molecule has 0 radical (unpaired) electrons. The fourth-order valence-electron chi connectivity index (χ4n) is 12.8. The van der Waals surface area contributed by atoms with Crippen LogP contribution in [0.4, 0.5) is 0 Å². The maximum absolute atomic E-state index is 11.1. The first-order valence-electron chi connectivity index (χ1n) is 38.2. The van der Waals surface area contributed by atoms with Crippen molar-refractivity contribution >= 4 is 69.1 Å². The Bertz CT molecular complexity index is 1780. The van der Waals surface area contributed by atoms with Crippen LogP contribution in [0.2, 0.25) is 0 Å². The van der Waals surface area contributed by atoms with Gasteiger partial charge in [-0.2, -0.15) is 0 Å². The molecule has 0 aliphatic rings. The SMILES string of the molecule is CCCCCCCCCCCCCCCCCCCCCCCCCCCCCCCCCc1cccc(S(=O)(=O)[O-])c1.CCCCCCCCCCCCCCCCCCCCCCCCCCCCCCCCCc1cccc(S(=O)(=O)[O-])c1.[Ba+2]. The van der Waals surface area contributed by atoms with Gasteiger partial charge in [-0.05, 0) is 61.1 Å². The van der Waals surface area contributed by atoms with Crippen LogP contribution in [0.3, 0.4) is 0 Å². The summed E-state index contributed by atoms with van der Waals surface area (Å²) in [6, 6.07) is 13.0. The number of aryl methyl sites for hydroxylation is 2. The van der Waals surface area contributed by atoms with Gasteiger partial charge in [-0.1, -0.05) is 423 Å². The minimum absolute atomic E-state index is 0. The van der Waals surface area contributed by atoms with Crippen LogP contribution in [0.25, 0.3) is 0 Å². The van der Waals surface area contributed by atoms with Crippen molar-refractivity contribution in [1.29, 1.82) is 0 Å². The Labute approximate surface area is 583 Å². The van der Waals surface area contributed by atoms with Crippen molar-refractivity contribution in [2.24, 2.45) is 0 Å². The molecule has 2 aromatic rings. The molecule has 0 saturated carbocycles. The van der Waals surface area contributed by atoms with Gasteiger partial charge in [-0.3, -0.25) is 0 Å². The van der Waals surface area contributed by atoms with Gasteiger partial charge in [0.1, 0.15) is 20.2 Å². The van der Waals surface area contributed by atoms with Gasteiger partial charge in [0.15, 0.2) is 0 Å². The Morgan fingerprint density at radius 3 is 0.506 bits per heavy atom. The number of hydrogen-bond donors (Lipinski definition) is 0. The molecule has 6 nitrogen and oxygen atoms in total. The molecule has 0 heterocycles. The van der Waals surface area contributed by atoms with E-state index in [2.05, 4.69) is 13.8 Å². The zero-order valence-corrected chi connectivity index (χ0v) is 63.9. The molecule has 2 aromatic carbocycles. The number of rotatable bonds is 66. The zero-order chi connectivity index (χ0) is 62.2. The smallest absolute Gasteiger partial charge is 0.744 e. The van der Waals surface area contributed by atoms with Gasteiger partial charge in [0.25, 0.3) is 0 Å². The van der Waals surface area contributed by atoms with Gasteiger partial charge in [-0.25, -0.2) is 16.8 Å². The van der Waals surface area contributed by atoms with Crippen LogP contribution in [0.5, 0.6) is 0 Å². The molecule has 0 N–H and O–H groups in total. The summed E-state index contributed by atoms with van der Waals surface area (Å²) in [6.07, 6.45) is 89.0. The van der Waals surface area contributed by atoms with Gasteiger partial charge in [0, 0.05) is 0 Å². The van der Waals surface area contributed by atoms with E-state index in [-0.39, 0.29) is 58.7 Å². The normalized spacial score (nSPS) is 11.7. The molecular weight excluding hydrogens is 1230 g/mol. The standard InChI is InChI=1S/2C39H72O3S.Ba/c2*1-2-3-4-5-6-7-8-9-10-11-12-13-14-15-16-17-18-19-20-21-22-23-24-25-26-27-28-29-30-31-32-34-38-35-33-36-39(37-38)43(40,41)42;/h2*33,35-37H,2-32,34H2,1H3,(H,40,41,42);/q;;+2/p-2. The first-order valence-corrected chi connectivity index (χ1v) is 41.0. The Kier molecular flexibility index (Phi) is 67.1. The third-order valence-electron chi connectivity index (χ3n) is 18.5. The van der Waals surface area contributed by atoms with Gasteiger partial charge in [0.2, 0.25) is 0 Å². The molecule has 0 aliphatic heterocycles. The summed E-state index contributed by atoms with van der Waals surface area (Å²) >= 11 is 0. The van der Waals surface area contributed by atoms with E-state index in [1.54, 1.807) is 12.1 Å². The molecule has 0 spiro atoms. The van der Waals surface area contributed by atoms with Crippen LogP contribution < -0.4 is 0 Å². The van der Waals surface area contributed by atoms with E-state index < -0.39 is 20.2 Å². The van der Waals surface area contributed by atoms with Crippen molar-refractivity contribution in [3.63, 3.8) is 0 Å². The van der Waals surface area contributed by atoms with Crippen molar-refractivity contribution in [3.05, 3.63) is 59.7 Å². The van der Waals surface area contributed by atoms with Crippen LogP contribution >= 0.6 is 0 Å². The van der Waals surface area contributed by atoms with Crippen LogP contribution in [-0.2, 0) is 33.1 Å². The van der Waals surface area contributed by atoms with Crippen molar-refractivity contribution in [3.8, 4) is 0 Å². The molecule has 9 heteroatoms. The second kappa shape index (κ2) is 67.3. The molecule has 504 valence electrons. The molecule has 0 saturated heterocycles. The number of unbranched alkanes of at least 4 members (excludes halogenated alkanes) is 60. The van der Waals surface area contributed by atoms with Crippen molar-refractivity contribution < 1.29 is 25.9 Å². The fourth-order valence-corrected chi connectivity index (χ4v) is 13.9. The number of hydrogen-bond acceptors (Lipinski definition) is 6. The topological polar surface area (TPSA) is 114 Å². The van der Waals surface area contributed by atoms with Crippen LogP contribution in [0, 0.1) is 0 Å². The van der Waals surface area contributed by atoms with E-state index in [4.69, 9.17) is 0 Å². The van der Waals surface area contributed by atoms with E-state index in [1.165, 1.54) is 410 Å². The van der Waals surface area contributed by atoms with Gasteiger partial charge in [0.05, 0.1) is 9.79 Å². The second-order valence-electron chi connectivity index (χ2n) is 26.9. The molecule has 0 fully saturated rings. The minimum atomic E-state index is -4.35. The van der Waals surface area contributed by atoms with Gasteiger partial charge < -0.3 is 9.11 Å². The zero-order valence-electron chi connectivity index (χ0n) is 57.8. The molecule has 0 amide bonds. The van der Waals surface area contributed by atoms with Gasteiger partial charge >= 0.3 is 48.9 Å². The number of benzene rings is 2. The first kappa shape index (κ1) is 86.8. The largest absolute Gasteiger partial charge is 2.00 e. The van der Waals surface area contributed by atoms with Crippen LogP contribution in [-0.4, -0.2) is 74.8 Å². The monoisotopic (exact) mass is 1380 g/mol. The third kappa shape index (κ3) is 63.0. The molecule has 2 rings (SSSR count). The average Bonchev–Trinajstić information content (AvgIpc) is 3.50. The molecule has 0 bridgehead atoms. The summed E-state index contributed by atoms with van der Waals surface area (Å²) in [4.78, 5) is -0.212. The van der Waals surface area contributed by atoms with Crippen molar-refractivity contribution in [2.45, 2.75) is 435 Å². The molecule has 0 atom stereocenters. The maximum Gasteiger partial charge on any atom is 2.00 e. The quantitative estimate of drug-likeness (QED) is 0.0370. The Hall–Kier alpha value is -0.169. The Morgan fingerprint density at radius 2 is 0.368 bits per heavy atom.